The van der Waals surface area contributed by atoms with Crippen LogP contribution in [0, 0.1) is 21.8 Å². The van der Waals surface area contributed by atoms with E-state index >= 15 is 0 Å². The van der Waals surface area contributed by atoms with E-state index in [9.17, 15) is 14.5 Å². The summed E-state index contributed by atoms with van der Waals surface area (Å²) in [6.07, 6.45) is 1.95. The first-order chi connectivity index (χ1) is 9.61. The maximum atomic E-state index is 13.3. The van der Waals surface area contributed by atoms with E-state index in [0.29, 0.717) is 11.6 Å². The number of nitrogens with zero attached hydrogens (tertiary/aromatic N) is 2. The quantitative estimate of drug-likeness (QED) is 0.665. The first-order valence-electron chi connectivity index (χ1n) is 7.01. The average molecular weight is 281 g/mol. The molecular weight excluding hydrogens is 261 g/mol. The van der Waals surface area contributed by atoms with Crippen molar-refractivity contribution in [2.24, 2.45) is 5.92 Å². The molecule has 0 saturated carbocycles. The summed E-state index contributed by atoms with van der Waals surface area (Å²) in [5.74, 6) is 0.166. The van der Waals surface area contributed by atoms with Crippen molar-refractivity contribution in [1.82, 2.24) is 5.32 Å². The molecule has 1 aromatic carbocycles. The van der Waals surface area contributed by atoms with Crippen LogP contribution in [0.15, 0.2) is 18.2 Å². The Morgan fingerprint density at radius 2 is 2.15 bits per heavy atom. The molecule has 0 amide bonds. The molecule has 1 saturated heterocycles. The topological polar surface area (TPSA) is 58.4 Å². The summed E-state index contributed by atoms with van der Waals surface area (Å²) in [4.78, 5) is 12.5. The molecule has 0 atom stereocenters. The number of piperidine rings is 1. The van der Waals surface area contributed by atoms with E-state index in [1.54, 1.807) is 0 Å². The van der Waals surface area contributed by atoms with E-state index < -0.39 is 10.7 Å². The Balaban J connectivity index is 2.06. The minimum Gasteiger partial charge on any atom is -0.366 e. The van der Waals surface area contributed by atoms with Crippen LogP contribution in [0.1, 0.15) is 19.8 Å². The van der Waals surface area contributed by atoms with Gasteiger partial charge in [-0.05, 0) is 37.9 Å². The van der Waals surface area contributed by atoms with E-state index in [1.807, 2.05) is 4.90 Å². The molecule has 1 N–H and O–H groups in total. The Labute approximate surface area is 117 Å². The van der Waals surface area contributed by atoms with Crippen molar-refractivity contribution in [3.05, 3.63) is 34.1 Å². The molecule has 1 fully saturated rings. The number of hydrogen-bond donors (Lipinski definition) is 1. The average Bonchev–Trinajstić information content (AvgIpc) is 2.45. The van der Waals surface area contributed by atoms with Crippen molar-refractivity contribution in [2.75, 3.05) is 31.1 Å². The number of halogens is 1. The summed E-state index contributed by atoms with van der Waals surface area (Å²) in [5, 5.41) is 14.4. The highest BCUT2D eigenvalue weighted by molar-refractivity contribution is 5.63. The van der Waals surface area contributed by atoms with Crippen LogP contribution in [-0.2, 0) is 0 Å². The van der Waals surface area contributed by atoms with Gasteiger partial charge < -0.3 is 10.2 Å². The van der Waals surface area contributed by atoms with Crippen LogP contribution in [0.5, 0.6) is 0 Å². The number of nitro benzene ring substituents is 1. The molecule has 6 heteroatoms. The Morgan fingerprint density at radius 3 is 2.75 bits per heavy atom. The molecule has 0 aromatic heterocycles. The van der Waals surface area contributed by atoms with Crippen molar-refractivity contribution < 1.29 is 9.31 Å². The predicted octanol–water partition coefficient (Wildman–Crippen LogP) is 2.56. The minimum absolute atomic E-state index is 0.0171. The van der Waals surface area contributed by atoms with Crippen molar-refractivity contribution in [3.8, 4) is 0 Å². The molecule has 0 radical (unpaired) electrons. The lowest BCUT2D eigenvalue weighted by Crippen LogP contribution is -2.37. The van der Waals surface area contributed by atoms with Gasteiger partial charge in [-0.3, -0.25) is 10.1 Å². The van der Waals surface area contributed by atoms with Crippen LogP contribution in [0.25, 0.3) is 0 Å². The fourth-order valence-electron chi connectivity index (χ4n) is 2.63. The van der Waals surface area contributed by atoms with Crippen LogP contribution >= 0.6 is 0 Å². The first-order valence-corrected chi connectivity index (χ1v) is 7.01. The number of hydrogen-bond acceptors (Lipinski definition) is 4. The Bertz CT molecular complexity index is 473. The van der Waals surface area contributed by atoms with E-state index in [2.05, 4.69) is 12.2 Å². The van der Waals surface area contributed by atoms with Crippen molar-refractivity contribution >= 4 is 11.4 Å². The van der Waals surface area contributed by atoms with Crippen LogP contribution in [0.3, 0.4) is 0 Å². The van der Waals surface area contributed by atoms with Gasteiger partial charge in [0.25, 0.3) is 5.69 Å². The lowest BCUT2D eigenvalue weighted by Gasteiger charge is -2.33. The van der Waals surface area contributed by atoms with Crippen LogP contribution < -0.4 is 10.2 Å². The zero-order chi connectivity index (χ0) is 14.5. The summed E-state index contributed by atoms with van der Waals surface area (Å²) in [7, 11) is 0. The largest absolute Gasteiger partial charge is 0.366 e. The molecule has 2 rings (SSSR count). The van der Waals surface area contributed by atoms with Crippen molar-refractivity contribution in [1.29, 1.82) is 0 Å². The van der Waals surface area contributed by atoms with Crippen LogP contribution in [0.4, 0.5) is 15.8 Å². The second-order valence-corrected chi connectivity index (χ2v) is 5.13. The monoisotopic (exact) mass is 281 g/mol. The Hall–Kier alpha value is -1.69. The molecule has 1 aliphatic heterocycles. The highest BCUT2D eigenvalue weighted by atomic mass is 19.1. The Kier molecular flexibility index (Phi) is 4.89. The van der Waals surface area contributed by atoms with E-state index in [-0.39, 0.29) is 5.69 Å². The van der Waals surface area contributed by atoms with Crippen LogP contribution in [0.2, 0.25) is 0 Å². The maximum Gasteiger partial charge on any atom is 0.292 e. The van der Waals surface area contributed by atoms with Gasteiger partial charge in [0.05, 0.1) is 4.92 Å². The third-order valence-electron chi connectivity index (χ3n) is 3.77. The molecule has 20 heavy (non-hydrogen) atoms. The van der Waals surface area contributed by atoms with Gasteiger partial charge in [-0.1, -0.05) is 6.92 Å². The summed E-state index contributed by atoms with van der Waals surface area (Å²) in [5.41, 5.74) is 0.383. The minimum atomic E-state index is -0.445. The summed E-state index contributed by atoms with van der Waals surface area (Å²) in [6, 6.07) is 3.65. The molecule has 0 bridgehead atoms. The Morgan fingerprint density at radius 1 is 1.45 bits per heavy atom. The van der Waals surface area contributed by atoms with E-state index in [4.69, 9.17) is 0 Å². The second-order valence-electron chi connectivity index (χ2n) is 5.13. The normalized spacial score (nSPS) is 16.4. The van der Waals surface area contributed by atoms with Gasteiger partial charge in [0, 0.05) is 25.2 Å². The summed E-state index contributed by atoms with van der Waals surface area (Å²) < 4.78 is 13.3. The standard InChI is InChI=1S/C14H20FN3O2/c1-2-16-10-11-5-7-17(8-6-11)14-9-12(15)3-4-13(14)18(19)20/h3-4,9,11,16H,2,5-8,10H2,1H3. The number of anilines is 1. The lowest BCUT2D eigenvalue weighted by molar-refractivity contribution is -0.384. The zero-order valence-electron chi connectivity index (χ0n) is 11.6. The highest BCUT2D eigenvalue weighted by Gasteiger charge is 2.25. The summed E-state index contributed by atoms with van der Waals surface area (Å²) >= 11 is 0. The zero-order valence-corrected chi connectivity index (χ0v) is 11.6. The third-order valence-corrected chi connectivity index (χ3v) is 3.77. The second kappa shape index (κ2) is 6.65. The van der Waals surface area contributed by atoms with Gasteiger partial charge in [0.1, 0.15) is 11.5 Å². The van der Waals surface area contributed by atoms with Gasteiger partial charge in [-0.2, -0.15) is 0 Å². The molecule has 1 aromatic rings. The number of rotatable bonds is 5. The van der Waals surface area contributed by atoms with Gasteiger partial charge in [-0.15, -0.1) is 0 Å². The molecule has 5 nitrogen and oxygen atoms in total. The molecule has 0 aliphatic carbocycles. The first kappa shape index (κ1) is 14.7. The van der Waals surface area contributed by atoms with E-state index in [0.717, 1.165) is 45.1 Å². The van der Waals surface area contributed by atoms with Gasteiger partial charge in [0.2, 0.25) is 0 Å². The third kappa shape index (κ3) is 3.45. The van der Waals surface area contributed by atoms with E-state index in [1.165, 1.54) is 12.1 Å². The van der Waals surface area contributed by atoms with Crippen molar-refractivity contribution in [3.63, 3.8) is 0 Å². The van der Waals surface area contributed by atoms with Gasteiger partial charge in [0.15, 0.2) is 0 Å². The molecule has 1 aliphatic rings. The van der Waals surface area contributed by atoms with Gasteiger partial charge in [-0.25, -0.2) is 4.39 Å². The smallest absolute Gasteiger partial charge is 0.292 e. The fourth-order valence-corrected chi connectivity index (χ4v) is 2.63. The number of nitrogens with one attached hydrogen (secondary N) is 1. The number of benzene rings is 1. The number of nitro groups is 1. The van der Waals surface area contributed by atoms with Crippen LogP contribution in [-0.4, -0.2) is 31.1 Å². The van der Waals surface area contributed by atoms with Crippen molar-refractivity contribution in [2.45, 2.75) is 19.8 Å². The molecule has 110 valence electrons. The highest BCUT2D eigenvalue weighted by Crippen LogP contribution is 2.31. The molecular formula is C14H20FN3O2. The lowest BCUT2D eigenvalue weighted by atomic mass is 9.96. The van der Waals surface area contributed by atoms with Gasteiger partial charge >= 0.3 is 0 Å². The summed E-state index contributed by atoms with van der Waals surface area (Å²) in [6.45, 7) is 5.48. The molecule has 0 unspecified atom stereocenters. The maximum absolute atomic E-state index is 13.3. The molecule has 1 heterocycles. The SMILES string of the molecule is CCNCC1CCN(c2cc(F)ccc2[N+](=O)[O-])CC1. The predicted molar refractivity (Wildman–Crippen MR) is 76.5 cm³/mol. The fraction of sp³-hybridized carbons (Fsp3) is 0.571. The molecule has 0 spiro atoms.